The van der Waals surface area contributed by atoms with Gasteiger partial charge in [-0.25, -0.2) is 4.98 Å². The van der Waals surface area contributed by atoms with E-state index in [1.165, 1.54) is 18.4 Å². The molecule has 2 aromatic heterocycles. The van der Waals surface area contributed by atoms with Crippen LogP contribution in [-0.2, 0) is 19.5 Å². The molecule has 1 aliphatic rings. The Morgan fingerprint density at radius 3 is 2.43 bits per heavy atom. The summed E-state index contributed by atoms with van der Waals surface area (Å²) in [5.41, 5.74) is 16.1. The number of aromatic nitrogens is 4. The van der Waals surface area contributed by atoms with Crippen molar-refractivity contribution in [2.24, 2.45) is 5.73 Å². The number of rotatable bonds is 7. The first-order chi connectivity index (χ1) is 13.7. The maximum absolute atomic E-state index is 6.18. The average molecular weight is 380 g/mol. The molecule has 1 aromatic carbocycles. The summed E-state index contributed by atoms with van der Waals surface area (Å²) in [7, 11) is 0. The van der Waals surface area contributed by atoms with Crippen molar-refractivity contribution in [1.82, 2.24) is 19.7 Å². The van der Waals surface area contributed by atoms with Gasteiger partial charge < -0.3 is 20.9 Å². The van der Waals surface area contributed by atoms with Gasteiger partial charge in [-0.1, -0.05) is 37.6 Å². The molecule has 3 heterocycles. The van der Waals surface area contributed by atoms with Gasteiger partial charge in [0.05, 0.1) is 0 Å². The van der Waals surface area contributed by atoms with E-state index in [1.54, 1.807) is 0 Å². The molecule has 0 unspecified atom stereocenters. The van der Waals surface area contributed by atoms with Gasteiger partial charge in [0, 0.05) is 32.6 Å². The van der Waals surface area contributed by atoms with Crippen molar-refractivity contribution in [1.29, 1.82) is 0 Å². The predicted octanol–water partition coefficient (Wildman–Crippen LogP) is 2.86. The number of nitrogen functional groups attached to an aromatic ring is 1. The summed E-state index contributed by atoms with van der Waals surface area (Å²) in [6.07, 6.45) is 5.51. The van der Waals surface area contributed by atoms with E-state index in [0.717, 1.165) is 67.1 Å². The standard InChI is InChI=1S/C21H29N7/c1-2-3-6-17-24-18-19(21(26-25-20(18)23)27-11-4-5-12-27)28(17)14-16-9-7-15(13-22)8-10-16/h7-10H,2-6,11-14,22H2,1H3,(H2,23,25). The van der Waals surface area contributed by atoms with Gasteiger partial charge in [-0.3, -0.25) is 0 Å². The van der Waals surface area contributed by atoms with E-state index in [9.17, 15) is 0 Å². The van der Waals surface area contributed by atoms with E-state index >= 15 is 0 Å². The Hall–Kier alpha value is -2.67. The van der Waals surface area contributed by atoms with Crippen LogP contribution in [0.3, 0.4) is 0 Å². The highest BCUT2D eigenvalue weighted by Crippen LogP contribution is 2.31. The quantitative estimate of drug-likeness (QED) is 0.655. The van der Waals surface area contributed by atoms with Gasteiger partial charge in [0.25, 0.3) is 0 Å². The SMILES string of the molecule is CCCCc1nc2c(N)nnc(N3CCCC3)c2n1Cc1ccc(CN)cc1. The molecular weight excluding hydrogens is 350 g/mol. The summed E-state index contributed by atoms with van der Waals surface area (Å²) >= 11 is 0. The third-order valence-electron chi connectivity index (χ3n) is 5.51. The average Bonchev–Trinajstić information content (AvgIpc) is 3.37. The van der Waals surface area contributed by atoms with E-state index in [4.69, 9.17) is 16.5 Å². The molecule has 0 radical (unpaired) electrons. The lowest BCUT2D eigenvalue weighted by molar-refractivity contribution is 0.688. The van der Waals surface area contributed by atoms with Crippen LogP contribution >= 0.6 is 0 Å². The molecule has 0 bridgehead atoms. The number of unbranched alkanes of at least 4 members (excludes halogenated alkanes) is 1. The lowest BCUT2D eigenvalue weighted by Crippen LogP contribution is -2.21. The Bertz CT molecular complexity index is 940. The minimum absolute atomic E-state index is 0.410. The highest BCUT2D eigenvalue weighted by Gasteiger charge is 2.24. The van der Waals surface area contributed by atoms with Crippen molar-refractivity contribution in [3.63, 3.8) is 0 Å². The third kappa shape index (κ3) is 3.54. The van der Waals surface area contributed by atoms with Crippen molar-refractivity contribution < 1.29 is 0 Å². The Kier molecular flexibility index (Phi) is 5.43. The van der Waals surface area contributed by atoms with Crippen molar-refractivity contribution in [2.45, 2.75) is 52.1 Å². The van der Waals surface area contributed by atoms with Gasteiger partial charge in [0.15, 0.2) is 11.6 Å². The zero-order valence-electron chi connectivity index (χ0n) is 16.6. The van der Waals surface area contributed by atoms with Gasteiger partial charge in [-0.05, 0) is 30.4 Å². The summed E-state index contributed by atoms with van der Waals surface area (Å²) in [5.74, 6) is 2.38. The molecule has 0 spiro atoms. The number of anilines is 2. The van der Waals surface area contributed by atoms with E-state index in [1.807, 2.05) is 0 Å². The Morgan fingerprint density at radius 2 is 1.75 bits per heavy atom. The zero-order chi connectivity index (χ0) is 19.5. The second kappa shape index (κ2) is 8.14. The van der Waals surface area contributed by atoms with Crippen LogP contribution in [0.25, 0.3) is 11.0 Å². The first-order valence-corrected chi connectivity index (χ1v) is 10.2. The molecule has 0 aliphatic carbocycles. The van der Waals surface area contributed by atoms with Crippen LogP contribution in [0.2, 0.25) is 0 Å². The number of imidazole rings is 1. The lowest BCUT2D eigenvalue weighted by atomic mass is 10.1. The number of fused-ring (bicyclic) bond motifs is 1. The van der Waals surface area contributed by atoms with Crippen LogP contribution in [0.15, 0.2) is 24.3 Å². The molecule has 7 heteroatoms. The molecule has 1 aliphatic heterocycles. The first kappa shape index (κ1) is 18.7. The van der Waals surface area contributed by atoms with Gasteiger partial charge in [-0.2, -0.15) is 0 Å². The molecule has 4 N–H and O–H groups in total. The topological polar surface area (TPSA) is 98.9 Å². The molecule has 1 saturated heterocycles. The molecule has 0 atom stereocenters. The maximum Gasteiger partial charge on any atom is 0.177 e. The Labute approximate surface area is 165 Å². The molecule has 1 fully saturated rings. The van der Waals surface area contributed by atoms with Crippen molar-refractivity contribution in [3.05, 3.63) is 41.2 Å². The maximum atomic E-state index is 6.18. The fraction of sp³-hybridized carbons (Fsp3) is 0.476. The second-order valence-corrected chi connectivity index (χ2v) is 7.54. The summed E-state index contributed by atoms with van der Waals surface area (Å²) in [4.78, 5) is 7.21. The van der Waals surface area contributed by atoms with Crippen LogP contribution in [-0.4, -0.2) is 32.8 Å². The van der Waals surface area contributed by atoms with E-state index in [2.05, 4.69) is 50.9 Å². The fourth-order valence-electron chi connectivity index (χ4n) is 3.90. The summed E-state index contributed by atoms with van der Waals surface area (Å²) < 4.78 is 2.29. The van der Waals surface area contributed by atoms with E-state index in [-0.39, 0.29) is 0 Å². The van der Waals surface area contributed by atoms with E-state index < -0.39 is 0 Å². The highest BCUT2D eigenvalue weighted by atomic mass is 15.3. The molecule has 28 heavy (non-hydrogen) atoms. The number of benzene rings is 1. The minimum Gasteiger partial charge on any atom is -0.380 e. The smallest absolute Gasteiger partial charge is 0.177 e. The molecule has 0 amide bonds. The number of nitrogens with zero attached hydrogens (tertiary/aromatic N) is 5. The van der Waals surface area contributed by atoms with Crippen LogP contribution in [0.1, 0.15) is 49.6 Å². The number of nitrogens with two attached hydrogens (primary N) is 2. The monoisotopic (exact) mass is 379 g/mol. The van der Waals surface area contributed by atoms with E-state index in [0.29, 0.717) is 12.4 Å². The van der Waals surface area contributed by atoms with Crippen molar-refractivity contribution in [2.75, 3.05) is 23.7 Å². The number of aryl methyl sites for hydroxylation is 1. The Morgan fingerprint density at radius 1 is 1.04 bits per heavy atom. The molecule has 0 saturated carbocycles. The summed E-state index contributed by atoms with van der Waals surface area (Å²) in [6.45, 7) is 5.52. The minimum atomic E-state index is 0.410. The van der Waals surface area contributed by atoms with Crippen molar-refractivity contribution >= 4 is 22.7 Å². The molecular formula is C21H29N7. The normalized spacial score (nSPS) is 14.3. The van der Waals surface area contributed by atoms with Gasteiger partial charge >= 0.3 is 0 Å². The van der Waals surface area contributed by atoms with Gasteiger partial charge in [0.2, 0.25) is 0 Å². The number of hydrogen-bond acceptors (Lipinski definition) is 6. The van der Waals surface area contributed by atoms with Crippen molar-refractivity contribution in [3.8, 4) is 0 Å². The largest absolute Gasteiger partial charge is 0.380 e. The molecule has 4 rings (SSSR count). The van der Waals surface area contributed by atoms with Gasteiger partial charge in [0.1, 0.15) is 16.9 Å². The zero-order valence-corrected chi connectivity index (χ0v) is 16.6. The third-order valence-corrected chi connectivity index (χ3v) is 5.51. The van der Waals surface area contributed by atoms with Crippen LogP contribution in [0.5, 0.6) is 0 Å². The highest BCUT2D eigenvalue weighted by molar-refractivity contribution is 5.93. The molecule has 7 nitrogen and oxygen atoms in total. The van der Waals surface area contributed by atoms with Crippen LogP contribution in [0.4, 0.5) is 11.6 Å². The Balaban J connectivity index is 1.83. The van der Waals surface area contributed by atoms with Crippen LogP contribution < -0.4 is 16.4 Å². The van der Waals surface area contributed by atoms with Crippen LogP contribution in [0, 0.1) is 0 Å². The second-order valence-electron chi connectivity index (χ2n) is 7.54. The first-order valence-electron chi connectivity index (χ1n) is 10.2. The number of hydrogen-bond donors (Lipinski definition) is 2. The molecule has 3 aromatic rings. The predicted molar refractivity (Wildman–Crippen MR) is 113 cm³/mol. The molecule has 148 valence electrons. The summed E-state index contributed by atoms with van der Waals surface area (Å²) in [5, 5.41) is 8.70. The van der Waals surface area contributed by atoms with Gasteiger partial charge in [-0.15, -0.1) is 10.2 Å². The summed E-state index contributed by atoms with van der Waals surface area (Å²) in [6, 6.07) is 8.47. The lowest BCUT2D eigenvalue weighted by Gasteiger charge is -2.19. The fourth-order valence-corrected chi connectivity index (χ4v) is 3.90.